The highest BCUT2D eigenvalue weighted by atomic mass is 16.2. The number of piperazine rings is 1. The largest absolute Gasteiger partial charge is 0.339 e. The Morgan fingerprint density at radius 2 is 1.70 bits per heavy atom. The van der Waals surface area contributed by atoms with Crippen molar-refractivity contribution in [2.45, 2.75) is 6.92 Å². The first kappa shape index (κ1) is 15.2. The van der Waals surface area contributed by atoms with Gasteiger partial charge in [0.2, 0.25) is 5.91 Å². The van der Waals surface area contributed by atoms with E-state index in [0.29, 0.717) is 31.7 Å². The molecule has 5 nitrogen and oxygen atoms in total. The highest BCUT2D eigenvalue weighted by Gasteiger charge is 2.23. The molecule has 1 aromatic heterocycles. The van der Waals surface area contributed by atoms with E-state index < -0.39 is 0 Å². The Bertz CT molecular complexity index is 707. The van der Waals surface area contributed by atoms with Gasteiger partial charge >= 0.3 is 0 Å². The average molecular weight is 309 g/mol. The molecule has 0 radical (unpaired) electrons. The van der Waals surface area contributed by atoms with E-state index in [1.807, 2.05) is 42.5 Å². The van der Waals surface area contributed by atoms with Gasteiger partial charge in [-0.05, 0) is 24.3 Å². The Balaban J connectivity index is 1.75. The number of pyridine rings is 1. The molecule has 0 bridgehead atoms. The van der Waals surface area contributed by atoms with Crippen LogP contribution >= 0.6 is 0 Å². The van der Waals surface area contributed by atoms with Crippen LogP contribution in [0.1, 0.15) is 17.3 Å². The van der Waals surface area contributed by atoms with Gasteiger partial charge in [-0.15, -0.1) is 0 Å². The Hall–Kier alpha value is -2.69. The van der Waals surface area contributed by atoms with Crippen LogP contribution in [0.2, 0.25) is 0 Å². The first-order valence-electron chi connectivity index (χ1n) is 7.71. The molecule has 2 amide bonds. The third-order valence-corrected chi connectivity index (χ3v) is 4.08. The maximum atomic E-state index is 12.7. The van der Waals surface area contributed by atoms with Crippen molar-refractivity contribution >= 4 is 11.8 Å². The van der Waals surface area contributed by atoms with Crippen LogP contribution in [-0.2, 0) is 4.79 Å². The standard InChI is InChI=1S/C18H19N3O2/c1-14(22)20-9-11-21(12-10-20)18(23)16-6-4-5-15(13-16)17-7-2-3-8-19-17/h2-8,13H,9-12H2,1H3. The molecule has 1 aromatic carbocycles. The lowest BCUT2D eigenvalue weighted by Gasteiger charge is -2.34. The minimum absolute atomic E-state index is 0.00554. The number of amides is 2. The summed E-state index contributed by atoms with van der Waals surface area (Å²) < 4.78 is 0. The Morgan fingerprint density at radius 3 is 2.35 bits per heavy atom. The minimum atomic E-state index is 0.00554. The molecular formula is C18H19N3O2. The third-order valence-electron chi connectivity index (χ3n) is 4.08. The minimum Gasteiger partial charge on any atom is -0.339 e. The van der Waals surface area contributed by atoms with Gasteiger partial charge in [0.1, 0.15) is 0 Å². The van der Waals surface area contributed by atoms with Gasteiger partial charge in [-0.2, -0.15) is 0 Å². The van der Waals surface area contributed by atoms with E-state index in [1.54, 1.807) is 22.9 Å². The second-order valence-electron chi connectivity index (χ2n) is 5.59. The van der Waals surface area contributed by atoms with Crippen molar-refractivity contribution in [1.82, 2.24) is 14.8 Å². The maximum absolute atomic E-state index is 12.7. The zero-order chi connectivity index (χ0) is 16.2. The molecule has 1 aliphatic heterocycles. The molecule has 0 spiro atoms. The summed E-state index contributed by atoms with van der Waals surface area (Å²) in [6, 6.07) is 13.3. The SMILES string of the molecule is CC(=O)N1CCN(C(=O)c2cccc(-c3ccccn3)c2)CC1. The maximum Gasteiger partial charge on any atom is 0.253 e. The molecule has 118 valence electrons. The van der Waals surface area contributed by atoms with Crippen molar-refractivity contribution in [1.29, 1.82) is 0 Å². The van der Waals surface area contributed by atoms with E-state index in [0.717, 1.165) is 11.3 Å². The highest BCUT2D eigenvalue weighted by Crippen LogP contribution is 2.19. The number of hydrogen-bond acceptors (Lipinski definition) is 3. The second-order valence-corrected chi connectivity index (χ2v) is 5.59. The van der Waals surface area contributed by atoms with Crippen molar-refractivity contribution in [3.63, 3.8) is 0 Å². The fraction of sp³-hybridized carbons (Fsp3) is 0.278. The van der Waals surface area contributed by atoms with Crippen LogP contribution in [0.4, 0.5) is 0 Å². The lowest BCUT2D eigenvalue weighted by atomic mass is 10.1. The van der Waals surface area contributed by atoms with Crippen LogP contribution in [-0.4, -0.2) is 52.8 Å². The second kappa shape index (κ2) is 6.60. The smallest absolute Gasteiger partial charge is 0.253 e. The molecule has 1 saturated heterocycles. The fourth-order valence-corrected chi connectivity index (χ4v) is 2.75. The van der Waals surface area contributed by atoms with Gasteiger partial charge in [0, 0.05) is 50.4 Å². The molecule has 0 unspecified atom stereocenters. The van der Waals surface area contributed by atoms with Gasteiger partial charge in [0.25, 0.3) is 5.91 Å². The van der Waals surface area contributed by atoms with Crippen LogP contribution in [0, 0.1) is 0 Å². The van der Waals surface area contributed by atoms with Crippen molar-refractivity contribution in [2.24, 2.45) is 0 Å². The predicted octanol–water partition coefficient (Wildman–Crippen LogP) is 2.05. The highest BCUT2D eigenvalue weighted by molar-refractivity contribution is 5.95. The summed E-state index contributed by atoms with van der Waals surface area (Å²) in [5, 5.41) is 0. The summed E-state index contributed by atoms with van der Waals surface area (Å²) in [6.07, 6.45) is 1.74. The topological polar surface area (TPSA) is 53.5 Å². The summed E-state index contributed by atoms with van der Waals surface area (Å²) in [5.74, 6) is 0.0697. The molecule has 23 heavy (non-hydrogen) atoms. The number of rotatable bonds is 2. The van der Waals surface area contributed by atoms with Crippen LogP contribution < -0.4 is 0 Å². The fourth-order valence-electron chi connectivity index (χ4n) is 2.75. The Labute approximate surface area is 135 Å². The van der Waals surface area contributed by atoms with Crippen LogP contribution in [0.3, 0.4) is 0 Å². The van der Waals surface area contributed by atoms with Gasteiger partial charge < -0.3 is 9.80 Å². The molecule has 2 aromatic rings. The average Bonchev–Trinajstić information content (AvgIpc) is 2.62. The van der Waals surface area contributed by atoms with Crippen molar-refractivity contribution < 1.29 is 9.59 Å². The van der Waals surface area contributed by atoms with Gasteiger partial charge in [-0.1, -0.05) is 18.2 Å². The molecule has 0 saturated carbocycles. The lowest BCUT2D eigenvalue weighted by molar-refractivity contribution is -0.130. The summed E-state index contributed by atoms with van der Waals surface area (Å²) in [5.41, 5.74) is 2.44. The van der Waals surface area contributed by atoms with Crippen molar-refractivity contribution in [3.05, 3.63) is 54.2 Å². The van der Waals surface area contributed by atoms with E-state index in [9.17, 15) is 9.59 Å². The Kier molecular flexibility index (Phi) is 4.37. The molecule has 0 N–H and O–H groups in total. The van der Waals surface area contributed by atoms with Crippen molar-refractivity contribution in [2.75, 3.05) is 26.2 Å². The Morgan fingerprint density at radius 1 is 0.957 bits per heavy atom. The van der Waals surface area contributed by atoms with Gasteiger partial charge in [0.05, 0.1) is 5.69 Å². The van der Waals surface area contributed by atoms with Gasteiger partial charge in [-0.25, -0.2) is 0 Å². The van der Waals surface area contributed by atoms with Gasteiger partial charge in [0.15, 0.2) is 0 Å². The number of carbonyl (C=O) groups excluding carboxylic acids is 2. The first-order chi connectivity index (χ1) is 11.1. The number of hydrogen-bond donors (Lipinski definition) is 0. The molecule has 5 heteroatoms. The zero-order valence-electron chi connectivity index (χ0n) is 13.1. The molecular weight excluding hydrogens is 290 g/mol. The van der Waals surface area contributed by atoms with E-state index in [-0.39, 0.29) is 11.8 Å². The monoisotopic (exact) mass is 309 g/mol. The molecule has 3 rings (SSSR count). The number of carbonyl (C=O) groups is 2. The summed E-state index contributed by atoms with van der Waals surface area (Å²) >= 11 is 0. The molecule has 0 aliphatic carbocycles. The van der Waals surface area contributed by atoms with E-state index in [1.165, 1.54) is 0 Å². The number of nitrogens with zero attached hydrogens (tertiary/aromatic N) is 3. The molecule has 1 fully saturated rings. The van der Waals surface area contributed by atoms with Crippen LogP contribution in [0.25, 0.3) is 11.3 Å². The van der Waals surface area contributed by atoms with E-state index in [4.69, 9.17) is 0 Å². The third kappa shape index (κ3) is 3.39. The van der Waals surface area contributed by atoms with Crippen molar-refractivity contribution in [3.8, 4) is 11.3 Å². The quantitative estimate of drug-likeness (QED) is 0.853. The zero-order valence-corrected chi connectivity index (χ0v) is 13.1. The summed E-state index contributed by atoms with van der Waals surface area (Å²) in [7, 11) is 0. The first-order valence-corrected chi connectivity index (χ1v) is 7.71. The lowest BCUT2D eigenvalue weighted by Crippen LogP contribution is -2.50. The van der Waals surface area contributed by atoms with Crippen LogP contribution in [0.5, 0.6) is 0 Å². The van der Waals surface area contributed by atoms with Gasteiger partial charge in [-0.3, -0.25) is 14.6 Å². The normalized spacial score (nSPS) is 14.7. The van der Waals surface area contributed by atoms with Crippen LogP contribution in [0.15, 0.2) is 48.7 Å². The number of aromatic nitrogens is 1. The molecule has 2 heterocycles. The predicted molar refractivity (Wildman–Crippen MR) is 87.8 cm³/mol. The summed E-state index contributed by atoms with van der Waals surface area (Å²) in [4.78, 5) is 31.9. The van der Waals surface area contributed by atoms with E-state index >= 15 is 0 Å². The molecule has 0 atom stereocenters. The van der Waals surface area contributed by atoms with E-state index in [2.05, 4.69) is 4.98 Å². The number of benzene rings is 1. The summed E-state index contributed by atoms with van der Waals surface area (Å²) in [6.45, 7) is 3.91. The molecule has 1 aliphatic rings.